The number of aromatic nitrogens is 4. The lowest BCUT2D eigenvalue weighted by Crippen LogP contribution is -2.48. The van der Waals surface area contributed by atoms with E-state index in [2.05, 4.69) is 30.7 Å². The minimum absolute atomic E-state index is 0.395. The summed E-state index contributed by atoms with van der Waals surface area (Å²) < 4.78 is 8.02. The fraction of sp³-hybridized carbons (Fsp3) is 0.588. The van der Waals surface area contributed by atoms with E-state index in [-0.39, 0.29) is 0 Å². The van der Waals surface area contributed by atoms with Gasteiger partial charge in [-0.2, -0.15) is 5.10 Å². The third kappa shape index (κ3) is 3.08. The molecular weight excluding hydrogens is 290 g/mol. The van der Waals surface area contributed by atoms with Crippen molar-refractivity contribution in [3.05, 3.63) is 35.9 Å². The van der Waals surface area contributed by atoms with Gasteiger partial charge >= 0.3 is 6.01 Å². The molecular formula is C17H23N5O. The first kappa shape index (κ1) is 14.6. The van der Waals surface area contributed by atoms with Crippen LogP contribution in [0, 0.1) is 6.92 Å². The predicted molar refractivity (Wildman–Crippen MR) is 86.1 cm³/mol. The van der Waals surface area contributed by atoms with E-state index in [1.54, 1.807) is 12.4 Å². The van der Waals surface area contributed by atoms with Crippen LogP contribution < -0.4 is 4.74 Å². The number of rotatable bonds is 4. The summed E-state index contributed by atoms with van der Waals surface area (Å²) in [6, 6.07) is 3.69. The fourth-order valence-corrected chi connectivity index (χ4v) is 3.40. The Kier molecular flexibility index (Phi) is 3.99. The number of hydrogen-bond donors (Lipinski definition) is 0. The topological polar surface area (TPSA) is 56.1 Å². The number of hydrogen-bond acceptors (Lipinski definition) is 5. The van der Waals surface area contributed by atoms with Gasteiger partial charge < -0.3 is 4.74 Å². The number of fused-ring (bicyclic) bond motifs is 1. The van der Waals surface area contributed by atoms with Gasteiger partial charge in [0.25, 0.3) is 0 Å². The van der Waals surface area contributed by atoms with Gasteiger partial charge in [-0.3, -0.25) is 9.58 Å². The Hall–Kier alpha value is -1.95. The van der Waals surface area contributed by atoms with Gasteiger partial charge in [-0.1, -0.05) is 6.42 Å². The molecule has 6 heteroatoms. The van der Waals surface area contributed by atoms with E-state index >= 15 is 0 Å². The molecule has 2 aromatic heterocycles. The summed E-state index contributed by atoms with van der Waals surface area (Å²) in [6.45, 7) is 4.54. The second kappa shape index (κ2) is 6.28. The largest absolute Gasteiger partial charge is 0.462 e. The highest BCUT2D eigenvalue weighted by Gasteiger charge is 2.33. The molecule has 2 aliphatic rings. The molecule has 4 rings (SSSR count). The van der Waals surface area contributed by atoms with Crippen LogP contribution in [-0.2, 0) is 13.1 Å². The van der Waals surface area contributed by atoms with Crippen molar-refractivity contribution < 1.29 is 4.74 Å². The Labute approximate surface area is 136 Å². The molecule has 0 aromatic carbocycles. The van der Waals surface area contributed by atoms with Crippen molar-refractivity contribution in [1.82, 2.24) is 24.6 Å². The van der Waals surface area contributed by atoms with Crippen LogP contribution in [0.15, 0.2) is 24.7 Å². The van der Waals surface area contributed by atoms with Crippen LogP contribution in [0.4, 0.5) is 0 Å². The van der Waals surface area contributed by atoms with Crippen molar-refractivity contribution in [3.63, 3.8) is 0 Å². The molecule has 122 valence electrons. The van der Waals surface area contributed by atoms with Gasteiger partial charge in [0.05, 0.1) is 5.69 Å². The third-order valence-corrected chi connectivity index (χ3v) is 5.00. The Morgan fingerprint density at radius 2 is 2.04 bits per heavy atom. The SMILES string of the molecule is Cc1cnc(OC[C@@H]2CCn3nccc3CN2C2CCC2)nc1. The minimum atomic E-state index is 0.395. The monoisotopic (exact) mass is 313 g/mol. The summed E-state index contributed by atoms with van der Waals surface area (Å²) in [4.78, 5) is 11.1. The number of nitrogens with zero attached hydrogens (tertiary/aromatic N) is 5. The van der Waals surface area contributed by atoms with Gasteiger partial charge in [-0.15, -0.1) is 0 Å². The van der Waals surface area contributed by atoms with Crippen LogP contribution >= 0.6 is 0 Å². The highest BCUT2D eigenvalue weighted by molar-refractivity contribution is 5.06. The van der Waals surface area contributed by atoms with Crippen molar-refractivity contribution in [2.24, 2.45) is 0 Å². The van der Waals surface area contributed by atoms with Gasteiger partial charge in [0.1, 0.15) is 6.61 Å². The molecule has 0 bridgehead atoms. The molecule has 0 spiro atoms. The van der Waals surface area contributed by atoms with Crippen LogP contribution in [0.2, 0.25) is 0 Å². The van der Waals surface area contributed by atoms with Gasteiger partial charge in [0, 0.05) is 43.8 Å². The lowest BCUT2D eigenvalue weighted by Gasteiger charge is -2.41. The smallest absolute Gasteiger partial charge is 0.316 e. The summed E-state index contributed by atoms with van der Waals surface area (Å²) >= 11 is 0. The molecule has 1 fully saturated rings. The number of aryl methyl sites for hydroxylation is 2. The van der Waals surface area contributed by atoms with Gasteiger partial charge in [-0.05, 0) is 37.8 Å². The average Bonchev–Trinajstić information content (AvgIpc) is 2.87. The maximum atomic E-state index is 5.89. The molecule has 1 saturated carbocycles. The maximum Gasteiger partial charge on any atom is 0.316 e. The Bertz CT molecular complexity index is 649. The number of ether oxygens (including phenoxy) is 1. The molecule has 0 unspecified atom stereocenters. The van der Waals surface area contributed by atoms with E-state index in [4.69, 9.17) is 4.74 Å². The summed E-state index contributed by atoms with van der Waals surface area (Å²) in [5, 5.41) is 4.44. The lowest BCUT2D eigenvalue weighted by atomic mass is 9.90. The molecule has 3 heterocycles. The van der Waals surface area contributed by atoms with Gasteiger partial charge in [-0.25, -0.2) is 9.97 Å². The summed E-state index contributed by atoms with van der Waals surface area (Å²) in [5.41, 5.74) is 2.36. The second-order valence-electron chi connectivity index (χ2n) is 6.60. The molecule has 23 heavy (non-hydrogen) atoms. The fourth-order valence-electron chi connectivity index (χ4n) is 3.40. The highest BCUT2D eigenvalue weighted by Crippen LogP contribution is 2.30. The molecule has 0 amide bonds. The van der Waals surface area contributed by atoms with Crippen molar-refractivity contribution >= 4 is 0 Å². The molecule has 1 aliphatic heterocycles. The lowest BCUT2D eigenvalue weighted by molar-refractivity contribution is 0.0427. The van der Waals surface area contributed by atoms with Crippen molar-refractivity contribution in [3.8, 4) is 6.01 Å². The summed E-state index contributed by atoms with van der Waals surface area (Å²) in [6.07, 6.45) is 10.5. The van der Waals surface area contributed by atoms with E-state index < -0.39 is 0 Å². The van der Waals surface area contributed by atoms with E-state index in [9.17, 15) is 0 Å². The highest BCUT2D eigenvalue weighted by atomic mass is 16.5. The van der Waals surface area contributed by atoms with E-state index in [1.165, 1.54) is 25.0 Å². The van der Waals surface area contributed by atoms with E-state index in [1.807, 2.05) is 13.1 Å². The van der Waals surface area contributed by atoms with E-state index in [0.717, 1.165) is 25.1 Å². The van der Waals surface area contributed by atoms with Gasteiger partial charge in [0.2, 0.25) is 0 Å². The molecule has 6 nitrogen and oxygen atoms in total. The quantitative estimate of drug-likeness (QED) is 0.866. The Morgan fingerprint density at radius 3 is 2.78 bits per heavy atom. The first-order valence-corrected chi connectivity index (χ1v) is 8.47. The van der Waals surface area contributed by atoms with Crippen LogP contribution in [0.5, 0.6) is 6.01 Å². The van der Waals surface area contributed by atoms with Gasteiger partial charge in [0.15, 0.2) is 0 Å². The molecule has 1 atom stereocenters. The molecule has 2 aromatic rings. The van der Waals surface area contributed by atoms with Crippen molar-refractivity contribution in [2.75, 3.05) is 6.61 Å². The molecule has 0 radical (unpaired) electrons. The van der Waals surface area contributed by atoms with Crippen molar-refractivity contribution in [1.29, 1.82) is 0 Å². The van der Waals surface area contributed by atoms with Crippen LogP contribution in [-0.4, -0.2) is 43.3 Å². The third-order valence-electron chi connectivity index (χ3n) is 5.00. The van der Waals surface area contributed by atoms with E-state index in [0.29, 0.717) is 24.7 Å². The second-order valence-corrected chi connectivity index (χ2v) is 6.60. The maximum absolute atomic E-state index is 5.89. The predicted octanol–water partition coefficient (Wildman–Crippen LogP) is 2.19. The standard InChI is InChI=1S/C17H23N5O/c1-13-9-18-17(19-10-13)23-12-16-6-8-22-15(5-7-20-22)11-21(16)14-3-2-4-14/h5,7,9-10,14,16H,2-4,6,8,11-12H2,1H3/t16-/m0/s1. The minimum Gasteiger partial charge on any atom is -0.462 e. The average molecular weight is 313 g/mol. The Morgan fingerprint density at radius 1 is 1.22 bits per heavy atom. The zero-order valence-electron chi connectivity index (χ0n) is 13.6. The molecule has 1 aliphatic carbocycles. The normalized spacial score (nSPS) is 22.2. The first-order chi connectivity index (χ1) is 11.3. The van der Waals surface area contributed by atoms with Crippen molar-refractivity contribution in [2.45, 2.75) is 57.8 Å². The van der Waals surface area contributed by atoms with Crippen LogP contribution in [0.1, 0.15) is 36.9 Å². The molecule has 0 saturated heterocycles. The zero-order valence-corrected chi connectivity index (χ0v) is 13.6. The van der Waals surface area contributed by atoms with Crippen LogP contribution in [0.3, 0.4) is 0 Å². The first-order valence-electron chi connectivity index (χ1n) is 8.47. The Balaban J connectivity index is 1.46. The zero-order chi connectivity index (χ0) is 15.6. The van der Waals surface area contributed by atoms with Crippen LogP contribution in [0.25, 0.3) is 0 Å². The summed E-state index contributed by atoms with van der Waals surface area (Å²) in [5.74, 6) is 0. The summed E-state index contributed by atoms with van der Waals surface area (Å²) in [7, 11) is 0. The molecule has 0 N–H and O–H groups in total.